The highest BCUT2D eigenvalue weighted by Crippen LogP contribution is 2.18. The third-order valence-corrected chi connectivity index (χ3v) is 4.87. The van der Waals surface area contributed by atoms with E-state index in [0.717, 1.165) is 0 Å². The van der Waals surface area contributed by atoms with Gasteiger partial charge in [-0.2, -0.15) is 0 Å². The Morgan fingerprint density at radius 1 is 1.20 bits per heavy atom. The number of likely N-dealkylation sites (N-methyl/N-ethyl adjacent to an activating group) is 1. The van der Waals surface area contributed by atoms with Crippen molar-refractivity contribution in [3.63, 3.8) is 0 Å². The van der Waals surface area contributed by atoms with Crippen LogP contribution in [0.4, 0.5) is 5.69 Å². The highest BCUT2D eigenvalue weighted by atomic mass is 35.5. The van der Waals surface area contributed by atoms with Gasteiger partial charge < -0.3 is 10.2 Å². The molecule has 0 aliphatic heterocycles. The van der Waals surface area contributed by atoms with Crippen molar-refractivity contribution in [2.24, 2.45) is 0 Å². The summed E-state index contributed by atoms with van der Waals surface area (Å²) in [5, 5.41) is 3.19. The summed E-state index contributed by atoms with van der Waals surface area (Å²) in [6, 6.07) is 7.21. The molecule has 0 saturated carbocycles. The average Bonchev–Trinajstić information content (AvgIpc) is 2.54. The number of anilines is 1. The van der Waals surface area contributed by atoms with E-state index in [-0.39, 0.29) is 22.1 Å². The van der Waals surface area contributed by atoms with E-state index in [1.807, 2.05) is 19.0 Å². The molecule has 0 aliphatic rings. The number of carbonyl (C=O) groups is 1. The molecule has 0 unspecified atom stereocenters. The number of carbonyl (C=O) groups excluding carboxylic acids is 1. The highest BCUT2D eigenvalue weighted by Gasteiger charge is 2.15. The van der Waals surface area contributed by atoms with E-state index in [0.29, 0.717) is 18.1 Å². The lowest BCUT2D eigenvalue weighted by Crippen LogP contribution is -2.31. The topological polar surface area (TPSA) is 91.4 Å². The number of pyridine rings is 1. The highest BCUT2D eigenvalue weighted by molar-refractivity contribution is 7.92. The van der Waals surface area contributed by atoms with Crippen LogP contribution in [0.1, 0.15) is 10.4 Å². The summed E-state index contributed by atoms with van der Waals surface area (Å²) in [4.78, 5) is 18.0. The Labute approximate surface area is 152 Å². The number of rotatable bonds is 7. The molecule has 1 heterocycles. The maximum absolute atomic E-state index is 12.4. The van der Waals surface area contributed by atoms with E-state index < -0.39 is 10.0 Å². The minimum absolute atomic E-state index is 0.0673. The van der Waals surface area contributed by atoms with Gasteiger partial charge in [0.1, 0.15) is 0 Å². The van der Waals surface area contributed by atoms with Crippen LogP contribution in [0.5, 0.6) is 0 Å². The number of halogens is 1. The summed E-state index contributed by atoms with van der Waals surface area (Å²) in [5.74, 6) is -0.318. The number of nitrogens with zero attached hydrogens (tertiary/aromatic N) is 2. The number of sulfonamides is 1. The molecule has 0 bridgehead atoms. The Balaban J connectivity index is 2.10. The summed E-state index contributed by atoms with van der Waals surface area (Å²) in [6.07, 6.45) is 2.72. The first kappa shape index (κ1) is 19.2. The molecule has 134 valence electrons. The molecule has 0 spiro atoms. The maximum Gasteiger partial charge on any atom is 0.261 e. The summed E-state index contributed by atoms with van der Waals surface area (Å²) in [7, 11) is 0.0176. The van der Waals surface area contributed by atoms with Crippen LogP contribution in [0, 0.1) is 0 Å². The first-order valence-electron chi connectivity index (χ1n) is 7.44. The van der Waals surface area contributed by atoms with Gasteiger partial charge in [0.2, 0.25) is 0 Å². The fourth-order valence-corrected chi connectivity index (χ4v) is 3.10. The van der Waals surface area contributed by atoms with Crippen molar-refractivity contribution in [1.82, 2.24) is 15.2 Å². The van der Waals surface area contributed by atoms with E-state index in [9.17, 15) is 13.2 Å². The molecule has 7 nitrogen and oxygen atoms in total. The van der Waals surface area contributed by atoms with E-state index in [1.165, 1.54) is 42.7 Å². The van der Waals surface area contributed by atoms with Crippen LogP contribution >= 0.6 is 11.6 Å². The normalized spacial score (nSPS) is 11.4. The SMILES string of the molecule is CN(C)CCNC(=O)c1cncc(NS(=O)(=O)c2ccc(Cl)cc2)c1. The van der Waals surface area contributed by atoms with Gasteiger partial charge in [-0.1, -0.05) is 11.6 Å². The molecule has 1 aromatic carbocycles. The molecular weight excluding hydrogens is 364 g/mol. The zero-order valence-electron chi connectivity index (χ0n) is 13.9. The zero-order chi connectivity index (χ0) is 18.4. The minimum Gasteiger partial charge on any atom is -0.351 e. The number of benzene rings is 1. The van der Waals surface area contributed by atoms with E-state index in [4.69, 9.17) is 11.6 Å². The monoisotopic (exact) mass is 382 g/mol. The van der Waals surface area contributed by atoms with Crippen molar-refractivity contribution in [1.29, 1.82) is 0 Å². The van der Waals surface area contributed by atoms with Crippen molar-refractivity contribution in [3.8, 4) is 0 Å². The Morgan fingerprint density at radius 2 is 1.88 bits per heavy atom. The summed E-state index contributed by atoms with van der Waals surface area (Å²) in [6.45, 7) is 1.18. The van der Waals surface area contributed by atoms with E-state index >= 15 is 0 Å². The largest absolute Gasteiger partial charge is 0.351 e. The third kappa shape index (κ3) is 5.70. The molecule has 2 N–H and O–H groups in total. The van der Waals surface area contributed by atoms with Crippen LogP contribution < -0.4 is 10.0 Å². The number of aromatic nitrogens is 1. The molecule has 25 heavy (non-hydrogen) atoms. The first-order valence-corrected chi connectivity index (χ1v) is 9.30. The third-order valence-electron chi connectivity index (χ3n) is 3.22. The molecule has 9 heteroatoms. The number of nitrogens with one attached hydrogen (secondary N) is 2. The number of hydrogen-bond acceptors (Lipinski definition) is 5. The second kappa shape index (κ2) is 8.28. The standard InChI is InChI=1S/C16H19ClN4O3S/c1-21(2)8-7-19-16(22)12-9-14(11-18-10-12)20-25(23,24)15-5-3-13(17)4-6-15/h3-6,9-11,20H,7-8H2,1-2H3,(H,19,22). The summed E-state index contributed by atoms with van der Waals surface area (Å²) >= 11 is 5.77. The molecular formula is C16H19ClN4O3S. The quantitative estimate of drug-likeness (QED) is 0.762. The Morgan fingerprint density at radius 3 is 2.52 bits per heavy atom. The van der Waals surface area contributed by atoms with Crippen LogP contribution in [0.25, 0.3) is 0 Å². The van der Waals surface area contributed by atoms with Gasteiger partial charge in [-0.05, 0) is 44.4 Å². The lowest BCUT2D eigenvalue weighted by Gasteiger charge is -2.11. The van der Waals surface area contributed by atoms with Crippen LogP contribution in [-0.4, -0.2) is 51.4 Å². The maximum atomic E-state index is 12.4. The van der Waals surface area contributed by atoms with Crippen LogP contribution in [-0.2, 0) is 10.0 Å². The zero-order valence-corrected chi connectivity index (χ0v) is 15.4. The Hall–Kier alpha value is -2.16. The van der Waals surface area contributed by atoms with Crippen LogP contribution in [0.3, 0.4) is 0 Å². The molecule has 0 aliphatic carbocycles. The molecule has 1 amide bonds. The second-order valence-electron chi connectivity index (χ2n) is 5.58. The molecule has 2 rings (SSSR count). The van der Waals surface area contributed by atoms with Crippen molar-refractivity contribution in [3.05, 3.63) is 53.3 Å². The lowest BCUT2D eigenvalue weighted by atomic mass is 10.2. The molecule has 0 fully saturated rings. The van der Waals surface area contributed by atoms with Crippen molar-refractivity contribution in [2.75, 3.05) is 31.9 Å². The van der Waals surface area contributed by atoms with Gasteiger partial charge in [-0.3, -0.25) is 14.5 Å². The number of amides is 1. The second-order valence-corrected chi connectivity index (χ2v) is 7.70. The average molecular weight is 383 g/mol. The first-order chi connectivity index (χ1) is 11.8. The number of hydrogen-bond donors (Lipinski definition) is 2. The fraction of sp³-hybridized carbons (Fsp3) is 0.250. The van der Waals surface area contributed by atoms with Gasteiger partial charge in [-0.25, -0.2) is 8.42 Å². The fourth-order valence-electron chi connectivity index (χ4n) is 1.94. The van der Waals surface area contributed by atoms with Crippen molar-refractivity contribution < 1.29 is 13.2 Å². The lowest BCUT2D eigenvalue weighted by molar-refractivity contribution is 0.0950. The van der Waals surface area contributed by atoms with Gasteiger partial charge in [0, 0.05) is 24.3 Å². The molecule has 0 radical (unpaired) electrons. The van der Waals surface area contributed by atoms with Crippen molar-refractivity contribution in [2.45, 2.75) is 4.90 Å². The molecule has 0 saturated heterocycles. The molecule has 2 aromatic rings. The summed E-state index contributed by atoms with van der Waals surface area (Å²) < 4.78 is 27.1. The molecule has 0 atom stereocenters. The van der Waals surface area contributed by atoms with E-state index in [1.54, 1.807) is 0 Å². The van der Waals surface area contributed by atoms with E-state index in [2.05, 4.69) is 15.0 Å². The Kier molecular flexibility index (Phi) is 6.35. The van der Waals surface area contributed by atoms with Gasteiger partial charge in [0.25, 0.3) is 15.9 Å². The minimum atomic E-state index is -3.79. The van der Waals surface area contributed by atoms with Crippen LogP contribution in [0.2, 0.25) is 5.02 Å². The predicted octanol–water partition coefficient (Wildman–Crippen LogP) is 1.83. The van der Waals surface area contributed by atoms with Gasteiger partial charge in [0.05, 0.1) is 22.3 Å². The van der Waals surface area contributed by atoms with Crippen LogP contribution in [0.15, 0.2) is 47.6 Å². The van der Waals surface area contributed by atoms with Gasteiger partial charge >= 0.3 is 0 Å². The summed E-state index contributed by atoms with van der Waals surface area (Å²) in [5.41, 5.74) is 0.477. The predicted molar refractivity (Wildman–Crippen MR) is 97.4 cm³/mol. The Bertz CT molecular complexity index is 839. The van der Waals surface area contributed by atoms with Gasteiger partial charge in [0.15, 0.2) is 0 Å². The van der Waals surface area contributed by atoms with Crippen molar-refractivity contribution >= 4 is 33.2 Å². The van der Waals surface area contributed by atoms with Gasteiger partial charge in [-0.15, -0.1) is 0 Å². The smallest absolute Gasteiger partial charge is 0.261 e. The molecule has 1 aromatic heterocycles.